The molecule has 40 heavy (non-hydrogen) atoms. The van der Waals surface area contributed by atoms with Gasteiger partial charge in [-0.05, 0) is 56.5 Å². The summed E-state index contributed by atoms with van der Waals surface area (Å²) in [5.41, 5.74) is -0.461. The normalized spacial score (nSPS) is 16.6. The number of anilines is 1. The van der Waals surface area contributed by atoms with E-state index in [1.165, 1.54) is 44.6 Å². The quantitative estimate of drug-likeness (QED) is 0.198. The van der Waals surface area contributed by atoms with Crippen LogP contribution in [-0.4, -0.2) is 70.4 Å². The number of halogens is 2. The number of likely N-dealkylation sites (tertiary alicyclic amines) is 1. The van der Waals surface area contributed by atoms with Gasteiger partial charge in [0, 0.05) is 30.6 Å². The summed E-state index contributed by atoms with van der Waals surface area (Å²) in [6.45, 7) is 2.09. The topological polar surface area (TPSA) is 143 Å². The van der Waals surface area contributed by atoms with E-state index in [1.807, 2.05) is 0 Å². The maximum atomic E-state index is 13.1. The molecule has 11 nitrogen and oxygen atoms in total. The minimum atomic E-state index is -4.00. The van der Waals surface area contributed by atoms with Gasteiger partial charge in [0.15, 0.2) is 5.78 Å². The SMILES string of the molecule is COc1cc(OC)c(C(=O)CCCCN2CCC3(CC2)NC(=O)NC3=O)cc1NS(=O)(=O)c1cccc(Cl)c1.Cl. The first kappa shape index (κ1) is 31.5. The lowest BCUT2D eigenvalue weighted by Crippen LogP contribution is -2.54. The Morgan fingerprint density at radius 3 is 2.38 bits per heavy atom. The van der Waals surface area contributed by atoms with Gasteiger partial charge < -0.3 is 19.7 Å². The zero-order valence-corrected chi connectivity index (χ0v) is 24.5. The van der Waals surface area contributed by atoms with Gasteiger partial charge in [-0.15, -0.1) is 12.4 Å². The van der Waals surface area contributed by atoms with Gasteiger partial charge in [-0.25, -0.2) is 13.2 Å². The van der Waals surface area contributed by atoms with Crippen LogP contribution in [0.15, 0.2) is 41.3 Å². The maximum absolute atomic E-state index is 13.1. The molecule has 2 heterocycles. The summed E-state index contributed by atoms with van der Waals surface area (Å²) >= 11 is 5.96. The molecule has 1 spiro atoms. The number of unbranched alkanes of at least 4 members (excludes halogenated alkanes) is 1. The Kier molecular flexibility index (Phi) is 10.3. The van der Waals surface area contributed by atoms with E-state index in [4.69, 9.17) is 21.1 Å². The van der Waals surface area contributed by atoms with Gasteiger partial charge in [0.25, 0.3) is 15.9 Å². The summed E-state index contributed by atoms with van der Waals surface area (Å²) in [4.78, 5) is 38.9. The number of amides is 3. The Morgan fingerprint density at radius 1 is 1.07 bits per heavy atom. The second-order valence-corrected chi connectivity index (χ2v) is 11.6. The lowest BCUT2D eigenvalue weighted by atomic mass is 9.87. The summed E-state index contributed by atoms with van der Waals surface area (Å²) in [7, 11) is -1.18. The van der Waals surface area contributed by atoms with E-state index >= 15 is 0 Å². The van der Waals surface area contributed by atoms with Gasteiger partial charge in [-0.3, -0.25) is 19.6 Å². The molecular weight excluding hydrogens is 583 g/mol. The molecule has 0 radical (unpaired) electrons. The Hall–Kier alpha value is -3.06. The average molecular weight is 616 g/mol. The fraction of sp³-hybridized carbons (Fsp3) is 0.423. The molecule has 0 bridgehead atoms. The van der Waals surface area contributed by atoms with Gasteiger partial charge in [-0.2, -0.15) is 0 Å². The Labute approximate surface area is 244 Å². The number of ketones is 1. The van der Waals surface area contributed by atoms with E-state index in [1.54, 1.807) is 6.07 Å². The van der Waals surface area contributed by atoms with E-state index in [9.17, 15) is 22.8 Å². The van der Waals surface area contributed by atoms with Crippen molar-refractivity contribution in [3.8, 4) is 11.5 Å². The molecule has 2 fully saturated rings. The van der Waals surface area contributed by atoms with Crippen molar-refractivity contribution in [3.05, 3.63) is 47.0 Å². The Morgan fingerprint density at radius 2 is 1.77 bits per heavy atom. The van der Waals surface area contributed by atoms with Crippen molar-refractivity contribution < 1.29 is 32.3 Å². The molecule has 218 valence electrons. The summed E-state index contributed by atoms with van der Waals surface area (Å²) in [6.07, 6.45) is 2.68. The van der Waals surface area contributed by atoms with Crippen molar-refractivity contribution >= 4 is 57.4 Å². The summed E-state index contributed by atoms with van der Waals surface area (Å²) < 4.78 is 39.1. The number of nitrogens with one attached hydrogen (secondary N) is 3. The molecular formula is C26H32Cl2N4O7S. The van der Waals surface area contributed by atoms with Crippen LogP contribution in [0.25, 0.3) is 0 Å². The number of benzene rings is 2. The molecule has 0 saturated carbocycles. The second-order valence-electron chi connectivity index (χ2n) is 9.53. The van der Waals surface area contributed by atoms with Crippen LogP contribution >= 0.6 is 24.0 Å². The number of nitrogens with zero attached hydrogens (tertiary/aromatic N) is 1. The molecule has 14 heteroatoms. The van der Waals surface area contributed by atoms with Crippen LogP contribution in [0.4, 0.5) is 10.5 Å². The fourth-order valence-corrected chi connectivity index (χ4v) is 6.19. The zero-order valence-electron chi connectivity index (χ0n) is 22.1. The van der Waals surface area contributed by atoms with Crippen LogP contribution in [0.3, 0.4) is 0 Å². The molecule has 0 atom stereocenters. The molecule has 2 aliphatic rings. The molecule has 0 aromatic heterocycles. The number of imide groups is 1. The van der Waals surface area contributed by atoms with E-state index in [0.29, 0.717) is 32.4 Å². The fourth-order valence-electron chi connectivity index (χ4n) is 4.83. The number of piperidine rings is 1. The highest BCUT2D eigenvalue weighted by Gasteiger charge is 2.47. The summed E-state index contributed by atoms with van der Waals surface area (Å²) in [6, 6.07) is 8.30. The highest BCUT2D eigenvalue weighted by atomic mass is 35.5. The number of sulfonamides is 1. The van der Waals surface area contributed by atoms with Crippen molar-refractivity contribution in [3.63, 3.8) is 0 Å². The Bertz CT molecular complexity index is 1380. The van der Waals surface area contributed by atoms with Crippen molar-refractivity contribution in [2.75, 3.05) is 38.6 Å². The molecule has 3 N–H and O–H groups in total. The Balaban J connectivity index is 0.00000441. The number of urea groups is 1. The van der Waals surface area contributed by atoms with Gasteiger partial charge in [0.05, 0.1) is 30.4 Å². The molecule has 2 saturated heterocycles. The number of carbonyl (C=O) groups is 3. The van der Waals surface area contributed by atoms with Crippen molar-refractivity contribution in [2.45, 2.75) is 42.5 Å². The van der Waals surface area contributed by atoms with Crippen LogP contribution < -0.4 is 24.8 Å². The smallest absolute Gasteiger partial charge is 0.322 e. The van der Waals surface area contributed by atoms with Crippen molar-refractivity contribution in [1.29, 1.82) is 0 Å². The van der Waals surface area contributed by atoms with E-state index in [-0.39, 0.29) is 63.2 Å². The predicted molar refractivity (Wildman–Crippen MR) is 152 cm³/mol. The first-order valence-corrected chi connectivity index (χ1v) is 14.4. The average Bonchev–Trinajstić information content (AvgIpc) is 3.18. The number of hydrogen-bond acceptors (Lipinski definition) is 8. The van der Waals surface area contributed by atoms with Gasteiger partial charge in [0.2, 0.25) is 0 Å². The van der Waals surface area contributed by atoms with Crippen LogP contribution in [-0.2, 0) is 14.8 Å². The summed E-state index contributed by atoms with van der Waals surface area (Å²) in [5.74, 6) is 0.0193. The van der Waals surface area contributed by atoms with Gasteiger partial charge in [-0.1, -0.05) is 17.7 Å². The van der Waals surface area contributed by atoms with Gasteiger partial charge >= 0.3 is 6.03 Å². The van der Waals surface area contributed by atoms with Crippen LogP contribution in [0, 0.1) is 0 Å². The largest absolute Gasteiger partial charge is 0.496 e. The van der Waals surface area contributed by atoms with E-state index in [0.717, 1.165) is 13.0 Å². The lowest BCUT2D eigenvalue weighted by molar-refractivity contribution is -0.125. The number of ether oxygens (including phenoxy) is 2. The first-order chi connectivity index (χ1) is 18.6. The highest BCUT2D eigenvalue weighted by Crippen LogP contribution is 2.35. The number of hydrogen-bond donors (Lipinski definition) is 3. The third-order valence-corrected chi connectivity index (χ3v) is 8.62. The third kappa shape index (κ3) is 6.98. The molecule has 2 aromatic carbocycles. The summed E-state index contributed by atoms with van der Waals surface area (Å²) in [5, 5.41) is 5.33. The molecule has 2 aromatic rings. The third-order valence-electron chi connectivity index (χ3n) is 7.03. The zero-order chi connectivity index (χ0) is 28.2. The maximum Gasteiger partial charge on any atom is 0.322 e. The molecule has 2 aliphatic heterocycles. The highest BCUT2D eigenvalue weighted by molar-refractivity contribution is 7.92. The standard InChI is InChI=1S/C26H31ClN4O7S.ClH/c1-37-22-16-23(38-2)20(30-39(35,36)18-7-5-6-17(27)14-18)15-19(22)21(32)8-3-4-11-31-12-9-26(10-13-31)24(33)28-25(34)29-26;/h5-7,14-16,30H,3-4,8-13H2,1-2H3,(H2,28,29,33,34);1H. The minimum Gasteiger partial charge on any atom is -0.496 e. The van der Waals surface area contributed by atoms with Gasteiger partial charge in [0.1, 0.15) is 17.0 Å². The van der Waals surface area contributed by atoms with Crippen molar-refractivity contribution in [2.24, 2.45) is 0 Å². The monoisotopic (exact) mass is 614 g/mol. The molecule has 0 aliphatic carbocycles. The number of methoxy groups -OCH3 is 2. The van der Waals surface area contributed by atoms with Crippen LogP contribution in [0.1, 0.15) is 42.5 Å². The first-order valence-electron chi connectivity index (χ1n) is 12.5. The van der Waals surface area contributed by atoms with E-state index < -0.39 is 21.6 Å². The number of carbonyl (C=O) groups excluding carboxylic acids is 3. The van der Waals surface area contributed by atoms with Crippen LogP contribution in [0.2, 0.25) is 5.02 Å². The number of Topliss-reactive ketones (excluding diaryl/α,β-unsaturated/α-hetero) is 1. The van der Waals surface area contributed by atoms with Crippen molar-refractivity contribution in [1.82, 2.24) is 15.5 Å². The molecule has 4 rings (SSSR count). The second kappa shape index (κ2) is 13.1. The predicted octanol–water partition coefficient (Wildman–Crippen LogP) is 3.61. The molecule has 3 amide bonds. The minimum absolute atomic E-state index is 0. The van der Waals surface area contributed by atoms with E-state index in [2.05, 4.69) is 20.3 Å². The van der Waals surface area contributed by atoms with Crippen LogP contribution in [0.5, 0.6) is 11.5 Å². The molecule has 0 unspecified atom stereocenters. The number of rotatable bonds is 11. The lowest BCUT2D eigenvalue weighted by Gasteiger charge is -2.36.